The summed E-state index contributed by atoms with van der Waals surface area (Å²) in [4.78, 5) is 22.7. The zero-order chi connectivity index (χ0) is 18.4. The van der Waals surface area contributed by atoms with Gasteiger partial charge in [0.2, 0.25) is 5.91 Å². The molecule has 0 aliphatic heterocycles. The maximum absolute atomic E-state index is 13.7. The molecule has 2 aromatic rings. The quantitative estimate of drug-likeness (QED) is 0.805. The molecule has 0 radical (unpaired) electrons. The molecule has 0 heterocycles. The zero-order valence-corrected chi connectivity index (χ0v) is 13.8. The van der Waals surface area contributed by atoms with Gasteiger partial charge in [-0.3, -0.25) is 4.79 Å². The largest absolute Gasteiger partial charge is 0.478 e. The third-order valence-corrected chi connectivity index (χ3v) is 3.92. The highest BCUT2D eigenvalue weighted by atomic mass is 19.1. The van der Waals surface area contributed by atoms with Crippen molar-refractivity contribution in [3.63, 3.8) is 0 Å². The Bertz CT molecular complexity index is 760. The molecule has 0 saturated carbocycles. The maximum atomic E-state index is 13.7. The van der Waals surface area contributed by atoms with Crippen molar-refractivity contribution in [1.82, 2.24) is 5.32 Å². The van der Waals surface area contributed by atoms with Crippen LogP contribution in [-0.2, 0) is 11.2 Å². The smallest absolute Gasteiger partial charge is 0.335 e. The van der Waals surface area contributed by atoms with E-state index in [1.807, 2.05) is 0 Å². The molecule has 25 heavy (non-hydrogen) atoms. The van der Waals surface area contributed by atoms with Gasteiger partial charge in [-0.05, 0) is 41.7 Å². The molecule has 6 heteroatoms. The summed E-state index contributed by atoms with van der Waals surface area (Å²) in [5.74, 6) is -2.87. The number of hydrogen-bond acceptors (Lipinski definition) is 2. The fraction of sp³-hybridized carbons (Fsp3) is 0.263. The molecule has 0 aliphatic carbocycles. The number of aromatic carboxylic acids is 1. The molecule has 0 saturated heterocycles. The lowest BCUT2D eigenvalue weighted by atomic mass is 9.97. The second-order valence-corrected chi connectivity index (χ2v) is 5.87. The number of rotatable bonds is 7. The van der Waals surface area contributed by atoms with Crippen LogP contribution in [0.4, 0.5) is 8.78 Å². The SMILES string of the molecule is CC(CC(=O)NCCc1ccc(C(=O)O)cc1)c1ccc(F)cc1F. The van der Waals surface area contributed by atoms with E-state index in [2.05, 4.69) is 5.32 Å². The Morgan fingerprint density at radius 1 is 1.12 bits per heavy atom. The summed E-state index contributed by atoms with van der Waals surface area (Å²) < 4.78 is 26.6. The van der Waals surface area contributed by atoms with Crippen molar-refractivity contribution in [3.8, 4) is 0 Å². The highest BCUT2D eigenvalue weighted by Crippen LogP contribution is 2.22. The molecular formula is C19H19F2NO3. The highest BCUT2D eigenvalue weighted by molar-refractivity contribution is 5.87. The minimum Gasteiger partial charge on any atom is -0.478 e. The summed E-state index contributed by atoms with van der Waals surface area (Å²) in [7, 11) is 0. The highest BCUT2D eigenvalue weighted by Gasteiger charge is 2.15. The van der Waals surface area contributed by atoms with E-state index < -0.39 is 17.6 Å². The molecule has 0 bridgehead atoms. The van der Waals surface area contributed by atoms with Crippen molar-refractivity contribution in [2.75, 3.05) is 6.54 Å². The lowest BCUT2D eigenvalue weighted by Gasteiger charge is -2.13. The summed E-state index contributed by atoms with van der Waals surface area (Å²) in [5.41, 5.74) is 1.42. The molecule has 4 nitrogen and oxygen atoms in total. The molecule has 2 N–H and O–H groups in total. The average molecular weight is 347 g/mol. The second-order valence-electron chi connectivity index (χ2n) is 5.87. The molecule has 1 amide bonds. The Hall–Kier alpha value is -2.76. The van der Waals surface area contributed by atoms with Crippen LogP contribution < -0.4 is 5.32 Å². The van der Waals surface area contributed by atoms with Crippen molar-refractivity contribution >= 4 is 11.9 Å². The zero-order valence-electron chi connectivity index (χ0n) is 13.8. The van der Waals surface area contributed by atoms with Gasteiger partial charge in [-0.15, -0.1) is 0 Å². The molecule has 0 spiro atoms. The first kappa shape index (κ1) is 18.6. The summed E-state index contributed by atoms with van der Waals surface area (Å²) in [6.45, 7) is 2.10. The number of hydrogen-bond donors (Lipinski definition) is 2. The van der Waals surface area contributed by atoms with Crippen LogP contribution >= 0.6 is 0 Å². The van der Waals surface area contributed by atoms with E-state index in [0.29, 0.717) is 18.5 Å². The Morgan fingerprint density at radius 3 is 2.40 bits per heavy atom. The van der Waals surface area contributed by atoms with Crippen molar-refractivity contribution < 1.29 is 23.5 Å². The van der Waals surface area contributed by atoms with E-state index in [0.717, 1.165) is 11.6 Å². The predicted octanol–water partition coefficient (Wildman–Crippen LogP) is 3.52. The molecule has 0 fully saturated rings. The van der Waals surface area contributed by atoms with Gasteiger partial charge in [-0.1, -0.05) is 25.1 Å². The van der Waals surface area contributed by atoms with E-state index in [1.54, 1.807) is 19.1 Å². The van der Waals surface area contributed by atoms with Crippen molar-refractivity contribution in [1.29, 1.82) is 0 Å². The van der Waals surface area contributed by atoms with E-state index in [-0.39, 0.29) is 23.8 Å². The van der Waals surface area contributed by atoms with Crippen molar-refractivity contribution in [3.05, 3.63) is 70.8 Å². The number of halogens is 2. The van der Waals surface area contributed by atoms with E-state index in [1.165, 1.54) is 24.3 Å². The minimum atomic E-state index is -0.984. The van der Waals surface area contributed by atoms with Gasteiger partial charge in [-0.2, -0.15) is 0 Å². The Kier molecular flexibility index (Phi) is 6.22. The van der Waals surface area contributed by atoms with Crippen LogP contribution in [-0.4, -0.2) is 23.5 Å². The molecule has 132 valence electrons. The topological polar surface area (TPSA) is 66.4 Å². The van der Waals surface area contributed by atoms with Crippen LogP contribution in [0.5, 0.6) is 0 Å². The van der Waals surface area contributed by atoms with Gasteiger partial charge in [0.15, 0.2) is 0 Å². The summed E-state index contributed by atoms with van der Waals surface area (Å²) in [6.07, 6.45) is 0.658. The Balaban J connectivity index is 1.81. The van der Waals surface area contributed by atoms with Crippen molar-refractivity contribution in [2.45, 2.75) is 25.7 Å². The molecular weight excluding hydrogens is 328 g/mol. The molecule has 2 rings (SSSR count). The van der Waals surface area contributed by atoms with Gasteiger partial charge in [0.05, 0.1) is 5.56 Å². The van der Waals surface area contributed by atoms with Crippen LogP contribution in [0.1, 0.15) is 40.7 Å². The molecule has 1 unspecified atom stereocenters. The Labute approximate surface area is 144 Å². The van der Waals surface area contributed by atoms with Gasteiger partial charge >= 0.3 is 5.97 Å². The van der Waals surface area contributed by atoms with E-state index in [9.17, 15) is 18.4 Å². The first-order valence-electron chi connectivity index (χ1n) is 7.90. The van der Waals surface area contributed by atoms with Gasteiger partial charge in [0, 0.05) is 19.0 Å². The number of nitrogens with one attached hydrogen (secondary N) is 1. The number of amides is 1. The molecule has 0 aromatic heterocycles. The van der Waals surface area contributed by atoms with Crippen LogP contribution in [0.25, 0.3) is 0 Å². The summed E-state index contributed by atoms with van der Waals surface area (Å²) in [5, 5.41) is 11.6. The normalized spacial score (nSPS) is 11.8. The lowest BCUT2D eigenvalue weighted by molar-refractivity contribution is -0.121. The first-order chi connectivity index (χ1) is 11.9. The van der Waals surface area contributed by atoms with Gasteiger partial charge in [0.1, 0.15) is 11.6 Å². The third-order valence-electron chi connectivity index (χ3n) is 3.92. The van der Waals surface area contributed by atoms with Crippen molar-refractivity contribution in [2.24, 2.45) is 0 Å². The maximum Gasteiger partial charge on any atom is 0.335 e. The van der Waals surface area contributed by atoms with Crippen LogP contribution in [0.2, 0.25) is 0 Å². The first-order valence-corrected chi connectivity index (χ1v) is 7.90. The fourth-order valence-corrected chi connectivity index (χ4v) is 2.52. The van der Waals surface area contributed by atoms with Crippen LogP contribution in [0.15, 0.2) is 42.5 Å². The number of carbonyl (C=O) groups is 2. The lowest BCUT2D eigenvalue weighted by Crippen LogP contribution is -2.26. The van der Waals surface area contributed by atoms with E-state index in [4.69, 9.17) is 5.11 Å². The molecule has 1 atom stereocenters. The molecule has 0 aliphatic rings. The number of carboxylic acids is 1. The van der Waals surface area contributed by atoms with Crippen LogP contribution in [0.3, 0.4) is 0 Å². The minimum absolute atomic E-state index is 0.0977. The number of benzene rings is 2. The summed E-state index contributed by atoms with van der Waals surface area (Å²) in [6, 6.07) is 9.76. The fourth-order valence-electron chi connectivity index (χ4n) is 2.52. The van der Waals surface area contributed by atoms with Gasteiger partial charge in [-0.25, -0.2) is 13.6 Å². The Morgan fingerprint density at radius 2 is 1.80 bits per heavy atom. The monoisotopic (exact) mass is 347 g/mol. The summed E-state index contributed by atoms with van der Waals surface area (Å²) >= 11 is 0. The third kappa shape index (κ3) is 5.38. The van der Waals surface area contributed by atoms with Crippen LogP contribution in [0, 0.1) is 11.6 Å². The average Bonchev–Trinajstić information content (AvgIpc) is 2.55. The predicted molar refractivity (Wildman–Crippen MR) is 89.5 cm³/mol. The standard InChI is InChI=1S/C19H19F2NO3/c1-12(16-7-6-15(20)11-17(16)21)10-18(23)22-9-8-13-2-4-14(5-3-13)19(24)25/h2-7,11-12H,8-10H2,1H3,(H,22,23)(H,24,25). The van der Waals surface area contributed by atoms with Gasteiger partial charge < -0.3 is 10.4 Å². The number of carbonyl (C=O) groups excluding carboxylic acids is 1. The van der Waals surface area contributed by atoms with E-state index >= 15 is 0 Å². The molecule has 2 aromatic carbocycles. The van der Waals surface area contributed by atoms with Gasteiger partial charge in [0.25, 0.3) is 0 Å². The second kappa shape index (κ2) is 8.37. The number of carboxylic acid groups (broad SMARTS) is 1.